The molecule has 78 heavy (non-hydrogen) atoms. The Labute approximate surface area is 459 Å². The number of anilines is 9. The van der Waals surface area contributed by atoms with E-state index in [9.17, 15) is 0 Å². The van der Waals surface area contributed by atoms with Crippen LogP contribution in [0.25, 0.3) is 75.1 Å². The number of thiophene rings is 1. The minimum Gasteiger partial charge on any atom is -0.310 e. The van der Waals surface area contributed by atoms with Crippen LogP contribution in [0.2, 0.25) is 0 Å². The zero-order valence-corrected chi connectivity index (χ0v) is 43.5. The van der Waals surface area contributed by atoms with Gasteiger partial charge in [0.15, 0.2) is 0 Å². The Morgan fingerprint density at radius 2 is 0.603 bits per heavy atom. The van der Waals surface area contributed by atoms with Crippen molar-refractivity contribution in [2.45, 2.75) is 0 Å². The van der Waals surface area contributed by atoms with Gasteiger partial charge in [0, 0.05) is 54.0 Å². The average Bonchev–Trinajstić information content (AvgIpc) is 3.92. The minimum absolute atomic E-state index is 1.01. The molecule has 1 heterocycles. The Morgan fingerprint density at radius 3 is 1.15 bits per heavy atom. The topological polar surface area (TPSA) is 9.72 Å². The molecule has 0 atom stereocenters. The summed E-state index contributed by atoms with van der Waals surface area (Å²) >= 11 is 1.87. The zero-order chi connectivity index (χ0) is 51.8. The number of benzene rings is 13. The summed E-state index contributed by atoms with van der Waals surface area (Å²) in [6.45, 7) is 0. The Hall–Kier alpha value is -10.0. The predicted molar refractivity (Wildman–Crippen MR) is 335 cm³/mol. The van der Waals surface area contributed by atoms with Crippen LogP contribution in [0, 0.1) is 0 Å². The molecule has 0 spiro atoms. The summed E-state index contributed by atoms with van der Waals surface area (Å²) in [4.78, 5) is 7.28. The summed E-state index contributed by atoms with van der Waals surface area (Å²) in [5.41, 5.74) is 16.4. The molecule has 0 unspecified atom stereocenters. The SMILES string of the molecule is c1ccc(-c2ccc(N(c3ccccc3)c3cc(N(c4ccccc4)c4ccc(-c5ccccc5)cc4)cc(N(c4ccc(-c5cccc6c5sc5ccccc56)cc4)c4cc5ccccc5c5ccccc45)c3)cc2)cc1. The van der Waals surface area contributed by atoms with Gasteiger partial charge in [0.2, 0.25) is 0 Å². The first-order chi connectivity index (χ1) is 38.7. The van der Waals surface area contributed by atoms with Crippen LogP contribution in [0.15, 0.2) is 309 Å². The molecule has 0 amide bonds. The van der Waals surface area contributed by atoms with Gasteiger partial charge in [-0.05, 0) is 141 Å². The van der Waals surface area contributed by atoms with Gasteiger partial charge in [-0.3, -0.25) is 0 Å². The maximum Gasteiger partial charge on any atom is 0.0546 e. The normalized spacial score (nSPS) is 11.3. The minimum atomic E-state index is 1.01. The second-order valence-corrected chi connectivity index (χ2v) is 20.8. The van der Waals surface area contributed by atoms with Crippen LogP contribution in [0.4, 0.5) is 51.2 Å². The lowest BCUT2D eigenvalue weighted by Crippen LogP contribution is -2.16. The molecule has 3 nitrogen and oxygen atoms in total. The first-order valence-electron chi connectivity index (χ1n) is 26.6. The van der Waals surface area contributed by atoms with Crippen molar-refractivity contribution in [1.29, 1.82) is 0 Å². The van der Waals surface area contributed by atoms with Crippen molar-refractivity contribution in [3.05, 3.63) is 309 Å². The summed E-state index contributed by atoms with van der Waals surface area (Å²) in [7, 11) is 0. The van der Waals surface area contributed by atoms with E-state index in [1.165, 1.54) is 58.6 Å². The van der Waals surface area contributed by atoms with E-state index >= 15 is 0 Å². The van der Waals surface area contributed by atoms with E-state index in [4.69, 9.17) is 0 Å². The first-order valence-corrected chi connectivity index (χ1v) is 27.4. The third kappa shape index (κ3) is 8.70. The second-order valence-electron chi connectivity index (χ2n) is 19.7. The van der Waals surface area contributed by atoms with Crippen LogP contribution < -0.4 is 14.7 Å². The smallest absolute Gasteiger partial charge is 0.0546 e. The fourth-order valence-corrected chi connectivity index (χ4v) is 12.5. The molecule has 4 heteroatoms. The summed E-state index contributed by atoms with van der Waals surface area (Å²) in [5, 5.41) is 7.36. The van der Waals surface area contributed by atoms with E-state index in [1.807, 2.05) is 11.3 Å². The van der Waals surface area contributed by atoms with Gasteiger partial charge in [0.25, 0.3) is 0 Å². The van der Waals surface area contributed by atoms with Crippen LogP contribution in [0.1, 0.15) is 0 Å². The van der Waals surface area contributed by atoms with Gasteiger partial charge in [-0.15, -0.1) is 11.3 Å². The van der Waals surface area contributed by atoms with Crippen molar-refractivity contribution in [2.75, 3.05) is 14.7 Å². The van der Waals surface area contributed by atoms with E-state index in [0.717, 1.165) is 67.7 Å². The maximum atomic E-state index is 2.48. The Bertz CT molecular complexity index is 4260. The molecule has 0 fully saturated rings. The number of nitrogens with zero attached hydrogens (tertiary/aromatic N) is 3. The van der Waals surface area contributed by atoms with E-state index in [2.05, 4.69) is 324 Å². The quantitative estimate of drug-likeness (QED) is 0.113. The monoisotopic (exact) mass is 1010 g/mol. The number of fused-ring (bicyclic) bond motifs is 6. The van der Waals surface area contributed by atoms with Crippen molar-refractivity contribution in [3.8, 4) is 33.4 Å². The molecule has 368 valence electrons. The molecule has 0 aliphatic carbocycles. The van der Waals surface area contributed by atoms with Gasteiger partial charge >= 0.3 is 0 Å². The first kappa shape index (κ1) is 46.5. The van der Waals surface area contributed by atoms with Crippen molar-refractivity contribution in [3.63, 3.8) is 0 Å². The van der Waals surface area contributed by atoms with Crippen LogP contribution in [0.5, 0.6) is 0 Å². The third-order valence-corrected chi connectivity index (χ3v) is 16.2. The fourth-order valence-electron chi connectivity index (χ4n) is 11.3. The Kier molecular flexibility index (Phi) is 12.1. The molecule has 14 rings (SSSR count). The highest BCUT2D eigenvalue weighted by Gasteiger charge is 2.24. The maximum absolute atomic E-state index is 2.48. The van der Waals surface area contributed by atoms with Crippen LogP contribution >= 0.6 is 11.3 Å². The molecule has 0 aliphatic heterocycles. The number of hydrogen-bond acceptors (Lipinski definition) is 4. The zero-order valence-electron chi connectivity index (χ0n) is 42.7. The largest absolute Gasteiger partial charge is 0.310 e. The van der Waals surface area contributed by atoms with Gasteiger partial charge < -0.3 is 14.7 Å². The molecule has 14 aromatic rings. The Morgan fingerprint density at radius 1 is 0.218 bits per heavy atom. The van der Waals surface area contributed by atoms with Gasteiger partial charge in [-0.25, -0.2) is 0 Å². The molecule has 0 N–H and O–H groups in total. The number of para-hydroxylation sites is 2. The average molecular weight is 1010 g/mol. The summed E-state index contributed by atoms with van der Waals surface area (Å²) < 4.78 is 2.60. The Balaban J connectivity index is 1.02. The van der Waals surface area contributed by atoms with Crippen molar-refractivity contribution < 1.29 is 0 Å². The van der Waals surface area contributed by atoms with Gasteiger partial charge in [0.05, 0.1) is 22.7 Å². The summed E-state index contributed by atoms with van der Waals surface area (Å²) in [6.07, 6.45) is 0. The van der Waals surface area contributed by atoms with Crippen LogP contribution in [0.3, 0.4) is 0 Å². The van der Waals surface area contributed by atoms with E-state index < -0.39 is 0 Å². The van der Waals surface area contributed by atoms with Crippen molar-refractivity contribution >= 4 is 104 Å². The highest BCUT2D eigenvalue weighted by molar-refractivity contribution is 7.26. The number of rotatable bonds is 12. The van der Waals surface area contributed by atoms with Crippen molar-refractivity contribution in [2.24, 2.45) is 0 Å². The lowest BCUT2D eigenvalue weighted by molar-refractivity contribution is 1.23. The molecule has 0 radical (unpaired) electrons. The van der Waals surface area contributed by atoms with Gasteiger partial charge in [0.1, 0.15) is 0 Å². The summed E-state index contributed by atoms with van der Waals surface area (Å²) in [6, 6.07) is 113. The molecule has 1 aromatic heterocycles. The molecule has 0 bridgehead atoms. The highest BCUT2D eigenvalue weighted by Crippen LogP contribution is 2.49. The van der Waals surface area contributed by atoms with Crippen molar-refractivity contribution in [1.82, 2.24) is 0 Å². The van der Waals surface area contributed by atoms with E-state index in [1.54, 1.807) is 0 Å². The molecular formula is C74H51N3S. The molecular weight excluding hydrogens is 963 g/mol. The van der Waals surface area contributed by atoms with Gasteiger partial charge in [-0.2, -0.15) is 0 Å². The highest BCUT2D eigenvalue weighted by atomic mass is 32.1. The molecule has 0 aliphatic rings. The molecule has 0 saturated heterocycles. The lowest BCUT2D eigenvalue weighted by Gasteiger charge is -2.33. The molecule has 0 saturated carbocycles. The van der Waals surface area contributed by atoms with Crippen LogP contribution in [-0.4, -0.2) is 0 Å². The summed E-state index contributed by atoms with van der Waals surface area (Å²) in [5.74, 6) is 0. The predicted octanol–water partition coefficient (Wildman–Crippen LogP) is 21.8. The molecule has 13 aromatic carbocycles. The standard InChI is InChI=1S/C74H51N3S/c1-5-20-52(21-6-1)54-36-42-60(43-37-54)75(58-25-9-3-10-26-58)63-49-64(76(59-27-11-4-12-28-59)61-44-38-55(39-45-61)53-22-7-2-8-23-53)51-65(50-63)77(72-48-57-24-13-14-29-66(57)68-30-15-16-31-69(68)72)62-46-40-56(41-47-62)67-33-19-34-71-70-32-17-18-35-73(70)78-74(67)71/h1-51H. The van der Waals surface area contributed by atoms with E-state index in [-0.39, 0.29) is 0 Å². The second kappa shape index (κ2) is 20.3. The third-order valence-electron chi connectivity index (χ3n) is 15.0. The van der Waals surface area contributed by atoms with Gasteiger partial charge in [-0.1, -0.05) is 218 Å². The lowest BCUT2D eigenvalue weighted by atomic mass is 9.98. The fraction of sp³-hybridized carbons (Fsp3) is 0. The van der Waals surface area contributed by atoms with Crippen LogP contribution in [-0.2, 0) is 0 Å². The number of hydrogen-bond donors (Lipinski definition) is 0. The van der Waals surface area contributed by atoms with E-state index in [0.29, 0.717) is 0 Å².